The summed E-state index contributed by atoms with van der Waals surface area (Å²) in [5.74, 6) is 0. The molecule has 0 spiro atoms. The van der Waals surface area contributed by atoms with Gasteiger partial charge < -0.3 is 0 Å². The quantitative estimate of drug-likeness (QED) is 0.420. The van der Waals surface area contributed by atoms with Crippen molar-refractivity contribution in [2.24, 2.45) is 0 Å². The van der Waals surface area contributed by atoms with Gasteiger partial charge in [0.25, 0.3) is 0 Å². The summed E-state index contributed by atoms with van der Waals surface area (Å²) in [6, 6.07) is 8.16. The minimum atomic E-state index is 0.253. The van der Waals surface area contributed by atoms with Crippen LogP contribution in [0.1, 0.15) is 12.0 Å². The Labute approximate surface area is 107 Å². The second kappa shape index (κ2) is 5.32. The third-order valence-corrected chi connectivity index (χ3v) is 5.07. The number of alkyl halides is 1. The van der Waals surface area contributed by atoms with E-state index in [1.807, 2.05) is 12.1 Å². The molecule has 0 radical (unpaired) electrons. The van der Waals surface area contributed by atoms with Crippen molar-refractivity contribution < 1.29 is 21.5 Å². The van der Waals surface area contributed by atoms with Crippen molar-refractivity contribution in [2.75, 3.05) is 18.0 Å². The molecule has 0 amide bonds. The fraction of sp³-hybridized carbons (Fsp3) is 0.333. The molecule has 0 aliphatic carbocycles. The fourth-order valence-electron chi connectivity index (χ4n) is 1.75. The molecule has 0 saturated heterocycles. The van der Waals surface area contributed by atoms with E-state index in [9.17, 15) is 0 Å². The summed E-state index contributed by atoms with van der Waals surface area (Å²) in [6.07, 6.45) is 3.51. The SMILES string of the molecule is C[I-]N1CC=C(c2cccc(Cl)c2)CC1. The number of hydrogen-bond acceptors (Lipinski definition) is 1. The summed E-state index contributed by atoms with van der Waals surface area (Å²) in [6.45, 7) is 2.33. The van der Waals surface area contributed by atoms with Crippen molar-refractivity contribution >= 4 is 17.2 Å². The topological polar surface area (TPSA) is 3.24 Å². The monoisotopic (exact) mass is 334 g/mol. The molecule has 0 aromatic heterocycles. The van der Waals surface area contributed by atoms with E-state index < -0.39 is 0 Å². The maximum absolute atomic E-state index is 5.99. The van der Waals surface area contributed by atoms with Gasteiger partial charge in [0.2, 0.25) is 0 Å². The van der Waals surface area contributed by atoms with E-state index in [1.165, 1.54) is 17.7 Å². The van der Waals surface area contributed by atoms with Gasteiger partial charge >= 0.3 is 107 Å². The van der Waals surface area contributed by atoms with Gasteiger partial charge in [-0.3, -0.25) is 0 Å². The molecule has 15 heavy (non-hydrogen) atoms. The molecular weight excluding hydrogens is 320 g/mol. The van der Waals surface area contributed by atoms with Gasteiger partial charge in [-0.1, -0.05) is 0 Å². The molecule has 0 bridgehead atoms. The van der Waals surface area contributed by atoms with Gasteiger partial charge in [-0.05, 0) is 0 Å². The van der Waals surface area contributed by atoms with Crippen molar-refractivity contribution in [3.63, 3.8) is 0 Å². The van der Waals surface area contributed by atoms with E-state index in [0.29, 0.717) is 0 Å². The van der Waals surface area contributed by atoms with Crippen LogP contribution in [0.15, 0.2) is 30.3 Å². The van der Waals surface area contributed by atoms with Crippen molar-refractivity contribution in [2.45, 2.75) is 6.42 Å². The molecule has 1 aliphatic rings. The van der Waals surface area contributed by atoms with Crippen LogP contribution in [0.2, 0.25) is 5.02 Å². The van der Waals surface area contributed by atoms with Gasteiger partial charge in [-0.25, -0.2) is 0 Å². The molecule has 3 heteroatoms. The first-order valence-corrected chi connectivity index (χ1v) is 8.49. The average molecular weight is 335 g/mol. The molecule has 1 aliphatic heterocycles. The Morgan fingerprint density at radius 3 is 2.87 bits per heavy atom. The molecule has 2 rings (SSSR count). The summed E-state index contributed by atoms with van der Waals surface area (Å²) < 4.78 is 2.55. The zero-order chi connectivity index (χ0) is 10.7. The molecular formula is C12H14ClIN-. The summed E-state index contributed by atoms with van der Waals surface area (Å²) in [7, 11) is 0. The summed E-state index contributed by atoms with van der Waals surface area (Å²) in [4.78, 5) is 2.32. The van der Waals surface area contributed by atoms with Crippen LogP contribution in [0.3, 0.4) is 0 Å². The Balaban J connectivity index is 2.15. The number of benzene rings is 1. The second-order valence-electron chi connectivity index (χ2n) is 3.53. The van der Waals surface area contributed by atoms with Crippen LogP contribution in [0.25, 0.3) is 5.57 Å². The van der Waals surface area contributed by atoms with Crippen LogP contribution in [0, 0.1) is 0 Å². The molecule has 1 nitrogen and oxygen atoms in total. The first kappa shape index (κ1) is 11.4. The Kier molecular flexibility index (Phi) is 4.05. The maximum atomic E-state index is 5.99. The molecule has 0 N–H and O–H groups in total. The van der Waals surface area contributed by atoms with Crippen LogP contribution in [0.5, 0.6) is 0 Å². The zero-order valence-corrected chi connectivity index (χ0v) is 11.6. The number of nitrogens with zero attached hydrogens (tertiary/aromatic N) is 1. The average Bonchev–Trinajstić information content (AvgIpc) is 2.29. The van der Waals surface area contributed by atoms with Crippen molar-refractivity contribution in [1.82, 2.24) is 3.11 Å². The number of hydrogen-bond donors (Lipinski definition) is 0. The van der Waals surface area contributed by atoms with E-state index in [1.54, 1.807) is 0 Å². The van der Waals surface area contributed by atoms with Gasteiger partial charge in [0, 0.05) is 0 Å². The predicted octanol–water partition coefficient (Wildman–Crippen LogP) is 0.0629. The van der Waals surface area contributed by atoms with Crippen molar-refractivity contribution in [1.29, 1.82) is 0 Å². The fourth-order valence-corrected chi connectivity index (χ4v) is 3.25. The number of halogens is 2. The predicted molar refractivity (Wildman–Crippen MR) is 61.5 cm³/mol. The van der Waals surface area contributed by atoms with Gasteiger partial charge in [0.1, 0.15) is 0 Å². The molecule has 0 atom stereocenters. The zero-order valence-electron chi connectivity index (χ0n) is 8.71. The Morgan fingerprint density at radius 1 is 1.40 bits per heavy atom. The molecule has 0 fully saturated rings. The van der Waals surface area contributed by atoms with Crippen LogP contribution < -0.4 is 21.5 Å². The molecule has 82 valence electrons. The van der Waals surface area contributed by atoms with Crippen LogP contribution in [-0.4, -0.2) is 21.1 Å². The third-order valence-electron chi connectivity index (χ3n) is 2.59. The Bertz CT molecular complexity index is 376. The van der Waals surface area contributed by atoms with Gasteiger partial charge in [-0.15, -0.1) is 0 Å². The number of rotatable bonds is 2. The van der Waals surface area contributed by atoms with E-state index in [4.69, 9.17) is 11.6 Å². The van der Waals surface area contributed by atoms with E-state index in [2.05, 4.69) is 26.3 Å². The van der Waals surface area contributed by atoms with Crippen molar-refractivity contribution in [3.8, 4) is 0 Å². The first-order chi connectivity index (χ1) is 7.29. The molecule has 0 saturated carbocycles. The van der Waals surface area contributed by atoms with Crippen LogP contribution >= 0.6 is 11.6 Å². The van der Waals surface area contributed by atoms with Crippen LogP contribution in [0.4, 0.5) is 0 Å². The molecule has 0 unspecified atom stereocenters. The molecule has 1 aromatic rings. The third kappa shape index (κ3) is 2.95. The van der Waals surface area contributed by atoms with Gasteiger partial charge in [-0.2, -0.15) is 0 Å². The standard InChI is InChI=1S/C12H14ClIN/c1-14-15-7-5-10(6-8-15)11-3-2-4-12(13)9-11/h2-5,9H,6-8H2,1H3/q-1. The first-order valence-electron chi connectivity index (χ1n) is 4.99. The van der Waals surface area contributed by atoms with Gasteiger partial charge in [0.05, 0.1) is 0 Å². The Hall–Kier alpha value is -0.0600. The van der Waals surface area contributed by atoms with E-state index in [0.717, 1.165) is 18.0 Å². The minimum absolute atomic E-state index is 0.253. The normalized spacial score (nSPS) is 17.9. The van der Waals surface area contributed by atoms with Crippen LogP contribution in [-0.2, 0) is 0 Å². The molecule has 1 heterocycles. The Morgan fingerprint density at radius 2 is 2.27 bits per heavy atom. The van der Waals surface area contributed by atoms with Gasteiger partial charge in [0.15, 0.2) is 0 Å². The van der Waals surface area contributed by atoms with Crippen molar-refractivity contribution in [3.05, 3.63) is 40.9 Å². The van der Waals surface area contributed by atoms with E-state index >= 15 is 0 Å². The second-order valence-corrected chi connectivity index (χ2v) is 6.29. The summed E-state index contributed by atoms with van der Waals surface area (Å²) >= 11 is 6.24. The summed E-state index contributed by atoms with van der Waals surface area (Å²) in [5.41, 5.74) is 2.74. The molecule has 1 aromatic carbocycles. The summed E-state index contributed by atoms with van der Waals surface area (Å²) in [5, 5.41) is 0.832. The van der Waals surface area contributed by atoms with E-state index in [-0.39, 0.29) is 21.5 Å².